The Morgan fingerprint density at radius 3 is 0.793 bits per heavy atom. The van der Waals surface area contributed by atoms with Crippen molar-refractivity contribution in [1.29, 1.82) is 0 Å². The van der Waals surface area contributed by atoms with Crippen LogP contribution in [0.25, 0.3) is 0 Å². The average Bonchev–Trinajstić information content (AvgIpc) is 0.825. The summed E-state index contributed by atoms with van der Waals surface area (Å²) in [6.07, 6.45) is 62.6. The third-order valence-corrected chi connectivity index (χ3v) is 29.7. The van der Waals surface area contributed by atoms with Crippen molar-refractivity contribution in [3.63, 3.8) is 0 Å². The molecular weight excluding hydrogens is 1430 g/mol. The highest BCUT2D eigenvalue weighted by molar-refractivity contribution is 5.81. The molecule has 10 rings (SSSR count). The molecule has 0 N–H and O–H groups in total. The second-order valence-corrected chi connectivity index (χ2v) is 37.9. The third-order valence-electron chi connectivity index (χ3n) is 29.7. The number of benzene rings is 2. The molecule has 0 radical (unpaired) electrons. The van der Waals surface area contributed by atoms with E-state index in [1.807, 2.05) is 0 Å². The first-order chi connectivity index (χ1) is 56.6. The van der Waals surface area contributed by atoms with Crippen LogP contribution in [0.1, 0.15) is 397 Å². The van der Waals surface area contributed by atoms with E-state index in [4.69, 9.17) is 28.4 Å². The zero-order chi connectivity index (χ0) is 81.5. The minimum absolute atomic E-state index is 0.187. The molecule has 2 aromatic rings. The molecule has 116 heavy (non-hydrogen) atoms. The normalized spacial score (nSPS) is 30.0. The summed E-state index contributed by atoms with van der Waals surface area (Å²) in [5, 5.41) is 0. The SMILES string of the molecule is C=CC(=O)OCCCCCC(=O)OC1(C#Cc2ccc(C#CC3(OCCCCCCCCOC4(C#Cc5ccc(C#CC6(OC(=O)CCCCCOC(=O)C=C)CCC(C7CCC(CCC)CC7)CC6)cc5)CCC(C5CCC(CCC)CC5)CC4)CCC(C4CCC(CCC)CC4)CC3)cc2)CCC(C2CCC(CCC)CC2)CC1. The summed E-state index contributed by atoms with van der Waals surface area (Å²) in [6.45, 7) is 18.4. The lowest BCUT2D eigenvalue weighted by atomic mass is 9.67. The number of ether oxygens (including phenoxy) is 6. The van der Waals surface area contributed by atoms with Gasteiger partial charge in [0, 0.05) is 60.5 Å². The van der Waals surface area contributed by atoms with Crippen LogP contribution >= 0.6 is 0 Å². The number of hydrogen-bond donors (Lipinski definition) is 0. The third kappa shape index (κ3) is 30.6. The summed E-state index contributed by atoms with van der Waals surface area (Å²) in [5.41, 5.74) is 1.31. The van der Waals surface area contributed by atoms with Crippen LogP contribution in [0.5, 0.6) is 0 Å². The lowest BCUT2D eigenvalue weighted by Gasteiger charge is -2.41. The first-order valence-corrected chi connectivity index (χ1v) is 48.3. The number of esters is 4. The number of rotatable bonds is 39. The van der Waals surface area contributed by atoms with Crippen LogP contribution in [0.4, 0.5) is 0 Å². The molecule has 0 bridgehead atoms. The van der Waals surface area contributed by atoms with E-state index in [1.54, 1.807) is 0 Å². The molecule has 0 spiro atoms. The molecular formula is C106H154O10. The number of carbonyl (C=O) groups excluding carboxylic acids is 4. The molecule has 0 unspecified atom stereocenters. The minimum Gasteiger partial charge on any atom is -0.463 e. The van der Waals surface area contributed by atoms with Crippen molar-refractivity contribution >= 4 is 23.9 Å². The Labute approximate surface area is 705 Å². The highest BCUT2D eigenvalue weighted by Crippen LogP contribution is 2.50. The lowest BCUT2D eigenvalue weighted by molar-refractivity contribution is -0.159. The molecule has 8 aliphatic carbocycles. The van der Waals surface area contributed by atoms with E-state index in [-0.39, 0.29) is 11.9 Å². The van der Waals surface area contributed by atoms with Crippen LogP contribution in [0.3, 0.4) is 0 Å². The van der Waals surface area contributed by atoms with Gasteiger partial charge >= 0.3 is 23.9 Å². The second-order valence-electron chi connectivity index (χ2n) is 37.9. The molecule has 10 heteroatoms. The molecule has 0 heterocycles. The van der Waals surface area contributed by atoms with Crippen molar-refractivity contribution in [2.45, 2.75) is 397 Å². The molecule has 8 saturated carbocycles. The van der Waals surface area contributed by atoms with Crippen LogP contribution in [-0.4, -0.2) is 72.7 Å². The first-order valence-electron chi connectivity index (χ1n) is 48.3. The Morgan fingerprint density at radius 1 is 0.310 bits per heavy atom. The summed E-state index contributed by atoms with van der Waals surface area (Å²) < 4.78 is 37.4. The Morgan fingerprint density at radius 2 is 0.534 bits per heavy atom. The summed E-state index contributed by atoms with van der Waals surface area (Å²) in [4.78, 5) is 50.3. The van der Waals surface area contributed by atoms with Gasteiger partial charge in [-0.15, -0.1) is 0 Å². The smallest absolute Gasteiger partial charge is 0.330 e. The van der Waals surface area contributed by atoms with Gasteiger partial charge in [0.1, 0.15) is 11.2 Å². The van der Waals surface area contributed by atoms with Gasteiger partial charge in [-0.2, -0.15) is 0 Å². The lowest BCUT2D eigenvalue weighted by Crippen LogP contribution is -2.39. The monoisotopic (exact) mass is 1590 g/mol. The Hall–Kier alpha value is -6.04. The average molecular weight is 1590 g/mol. The van der Waals surface area contributed by atoms with Gasteiger partial charge in [0.25, 0.3) is 0 Å². The van der Waals surface area contributed by atoms with E-state index in [9.17, 15) is 19.2 Å². The molecule has 0 aromatic heterocycles. The van der Waals surface area contributed by atoms with Crippen molar-refractivity contribution in [1.82, 2.24) is 0 Å². The largest absolute Gasteiger partial charge is 0.463 e. The fraction of sp³-hybridized carbons (Fsp3) is 0.736. The molecule has 638 valence electrons. The molecule has 0 aliphatic heterocycles. The number of hydrogen-bond acceptors (Lipinski definition) is 10. The Bertz CT molecular complexity index is 3270. The summed E-state index contributed by atoms with van der Waals surface area (Å²) >= 11 is 0. The van der Waals surface area contributed by atoms with Gasteiger partial charge < -0.3 is 28.4 Å². The molecule has 0 amide bonds. The Balaban J connectivity index is 0.729. The Kier molecular flexibility index (Phi) is 39.5. The van der Waals surface area contributed by atoms with E-state index in [0.29, 0.717) is 63.6 Å². The molecule has 0 saturated heterocycles. The van der Waals surface area contributed by atoms with E-state index in [2.05, 4.69) is 137 Å². The van der Waals surface area contributed by atoms with Crippen molar-refractivity contribution in [3.8, 4) is 47.4 Å². The van der Waals surface area contributed by atoms with Gasteiger partial charge in [-0.3, -0.25) is 9.59 Å². The van der Waals surface area contributed by atoms with E-state index in [1.165, 1.54) is 205 Å². The first kappa shape index (κ1) is 92.3. The maximum atomic E-state index is 13.6. The molecule has 10 nitrogen and oxygen atoms in total. The van der Waals surface area contributed by atoms with Gasteiger partial charge in [0.05, 0.1) is 13.2 Å². The fourth-order valence-electron chi connectivity index (χ4n) is 22.4. The van der Waals surface area contributed by atoms with Crippen molar-refractivity contribution in [2.24, 2.45) is 71.0 Å². The molecule has 8 aliphatic rings. The molecule has 2 aromatic carbocycles. The molecule has 0 atom stereocenters. The predicted molar refractivity (Wildman–Crippen MR) is 472 cm³/mol. The summed E-state index contributed by atoms with van der Waals surface area (Å²) in [5.74, 6) is 37.5. The van der Waals surface area contributed by atoms with E-state index in [0.717, 1.165) is 210 Å². The van der Waals surface area contributed by atoms with Gasteiger partial charge in [-0.25, -0.2) is 9.59 Å². The van der Waals surface area contributed by atoms with Crippen molar-refractivity contribution in [2.75, 3.05) is 26.4 Å². The highest BCUT2D eigenvalue weighted by Gasteiger charge is 2.44. The fourth-order valence-corrected chi connectivity index (χ4v) is 22.4. The highest BCUT2D eigenvalue weighted by atomic mass is 16.6. The maximum Gasteiger partial charge on any atom is 0.330 e. The van der Waals surface area contributed by atoms with Crippen molar-refractivity contribution in [3.05, 3.63) is 96.1 Å². The second kappa shape index (κ2) is 49.6. The molecule has 8 fully saturated rings. The zero-order valence-corrected chi connectivity index (χ0v) is 73.2. The van der Waals surface area contributed by atoms with Gasteiger partial charge in [0.2, 0.25) is 0 Å². The maximum absolute atomic E-state index is 13.6. The summed E-state index contributed by atoms with van der Waals surface area (Å²) in [7, 11) is 0. The van der Waals surface area contributed by atoms with Crippen LogP contribution in [0.15, 0.2) is 73.8 Å². The van der Waals surface area contributed by atoms with Crippen LogP contribution in [-0.2, 0) is 47.6 Å². The van der Waals surface area contributed by atoms with Crippen LogP contribution in [0, 0.1) is 118 Å². The van der Waals surface area contributed by atoms with E-state index < -0.39 is 34.3 Å². The van der Waals surface area contributed by atoms with Gasteiger partial charge in [-0.1, -0.05) is 205 Å². The predicted octanol–water partition coefficient (Wildman–Crippen LogP) is 26.0. The summed E-state index contributed by atoms with van der Waals surface area (Å²) in [6, 6.07) is 16.8. The van der Waals surface area contributed by atoms with Gasteiger partial charge in [-0.05, 0) is 337 Å². The number of carbonyl (C=O) groups is 4. The standard InChI is InChI=1S/C106H154O10/c1-7-25-83-39-47-91(48-40-83)95-59-71-103(72-60-95,67-55-87-31-35-89(36-32-87)57-69-105(115-101(109)29-19-17-21-79-111-99(107)11-5)75-63-97(64-76-105)93-51-43-85(27-9-3)44-52-93)113-81-23-15-13-14-16-24-82-114-104(73-61-96(62-74-104)92-49-41-84(26-8-2)42-50-92)68-56-88-33-37-90(38-34-88)58-70-106(116-102(110)30-20-18-22-80-112-100(108)12-6)77-65-98(66-78-106)94-53-45-86(28-10-4)46-54-94/h11-12,31-38,83-86,91-98H,5-10,13-30,39-54,59-66,71-82H2,1-4H3. The van der Waals surface area contributed by atoms with Crippen molar-refractivity contribution < 1.29 is 47.6 Å². The topological polar surface area (TPSA) is 124 Å². The van der Waals surface area contributed by atoms with Gasteiger partial charge in [0.15, 0.2) is 11.2 Å². The van der Waals surface area contributed by atoms with Crippen LogP contribution in [0.2, 0.25) is 0 Å². The van der Waals surface area contributed by atoms with E-state index >= 15 is 0 Å². The quantitative estimate of drug-likeness (QED) is 0.0210. The van der Waals surface area contributed by atoms with Crippen LogP contribution < -0.4 is 0 Å². The minimum atomic E-state index is -0.794. The zero-order valence-electron chi connectivity index (χ0n) is 73.2. The number of unbranched alkanes of at least 4 members (excludes halogenated alkanes) is 9.